The number of carbonyl (C=O) groups excluding carboxylic acids is 1. The summed E-state index contributed by atoms with van der Waals surface area (Å²) in [5.41, 5.74) is 0.884. The minimum Gasteiger partial charge on any atom is -0.489 e. The first-order valence-corrected chi connectivity index (χ1v) is 13.0. The SMILES string of the molecule is CC(F)(F)Oc1cccc(CNC(=O)c2cn(CC(F)CCn3ccc(COc4cccc(Cl)c4)cc3=O)nn2)c1. The predicted molar refractivity (Wildman–Crippen MR) is 145 cm³/mol. The van der Waals surface area contributed by atoms with E-state index >= 15 is 0 Å². The first kappa shape index (κ1) is 29.7. The molecule has 1 N–H and O–H groups in total. The Kier molecular flexibility index (Phi) is 9.66. The molecule has 0 saturated heterocycles. The molecular formula is C28H27ClF3N5O4. The van der Waals surface area contributed by atoms with Crippen LogP contribution in [0.1, 0.15) is 35.0 Å². The second-order valence-electron chi connectivity index (χ2n) is 9.26. The van der Waals surface area contributed by atoms with E-state index in [-0.39, 0.29) is 49.7 Å². The zero-order valence-electron chi connectivity index (χ0n) is 22.0. The van der Waals surface area contributed by atoms with Gasteiger partial charge in [0.05, 0.1) is 12.7 Å². The van der Waals surface area contributed by atoms with Crippen LogP contribution in [0, 0.1) is 0 Å². The van der Waals surface area contributed by atoms with E-state index in [4.69, 9.17) is 16.3 Å². The molecule has 216 valence electrons. The standard InChI is InChI=1S/C28H27ClF3N5O4/c1-28(31,32)41-24-7-2-4-19(12-24)15-33-27(39)25-17-37(35-34-25)16-22(30)9-11-36-10-8-20(13-26(36)38)18-40-23-6-3-5-21(29)14-23/h2-8,10,12-14,17,22H,9,11,15-16,18H2,1H3,(H,33,39). The Morgan fingerprint density at radius 3 is 2.63 bits per heavy atom. The van der Waals surface area contributed by atoms with Gasteiger partial charge < -0.3 is 19.4 Å². The average molecular weight is 590 g/mol. The van der Waals surface area contributed by atoms with E-state index in [1.54, 1.807) is 42.6 Å². The zero-order valence-corrected chi connectivity index (χ0v) is 22.7. The Bertz CT molecular complexity index is 1540. The first-order chi connectivity index (χ1) is 19.5. The summed E-state index contributed by atoms with van der Waals surface area (Å²) < 4.78 is 53.6. The fourth-order valence-corrected chi connectivity index (χ4v) is 3.99. The van der Waals surface area contributed by atoms with Crippen LogP contribution in [0.2, 0.25) is 5.02 Å². The molecule has 4 aromatic rings. The summed E-state index contributed by atoms with van der Waals surface area (Å²) in [6.07, 6.45) is -1.76. The second-order valence-corrected chi connectivity index (χ2v) is 9.70. The van der Waals surface area contributed by atoms with E-state index < -0.39 is 18.2 Å². The molecule has 2 aromatic carbocycles. The van der Waals surface area contributed by atoms with Crippen LogP contribution in [0.5, 0.6) is 11.5 Å². The van der Waals surface area contributed by atoms with Crippen molar-refractivity contribution in [3.63, 3.8) is 0 Å². The van der Waals surface area contributed by atoms with Gasteiger partial charge in [0.15, 0.2) is 5.69 Å². The third-order valence-corrected chi connectivity index (χ3v) is 5.99. The smallest absolute Gasteiger partial charge is 0.394 e. The number of amides is 1. The number of halogens is 4. The van der Waals surface area contributed by atoms with Crippen LogP contribution in [-0.4, -0.2) is 37.7 Å². The van der Waals surface area contributed by atoms with Crippen LogP contribution in [0.25, 0.3) is 0 Å². The lowest BCUT2D eigenvalue weighted by molar-refractivity contribution is -0.159. The molecule has 1 amide bonds. The van der Waals surface area contributed by atoms with E-state index in [2.05, 4.69) is 20.4 Å². The number of ether oxygens (including phenoxy) is 2. The van der Waals surface area contributed by atoms with Crippen LogP contribution < -0.4 is 20.3 Å². The summed E-state index contributed by atoms with van der Waals surface area (Å²) in [5.74, 6) is -0.0207. The topological polar surface area (TPSA) is 100 Å². The molecule has 0 aliphatic heterocycles. The van der Waals surface area contributed by atoms with Crippen LogP contribution >= 0.6 is 11.6 Å². The maximum Gasteiger partial charge on any atom is 0.394 e. The van der Waals surface area contributed by atoms with Crippen LogP contribution in [0.4, 0.5) is 13.2 Å². The van der Waals surface area contributed by atoms with Gasteiger partial charge in [-0.25, -0.2) is 9.07 Å². The number of hydrogen-bond donors (Lipinski definition) is 1. The van der Waals surface area contributed by atoms with Crippen LogP contribution in [-0.2, 0) is 26.2 Å². The quantitative estimate of drug-likeness (QED) is 0.235. The van der Waals surface area contributed by atoms with Crippen molar-refractivity contribution in [1.29, 1.82) is 0 Å². The van der Waals surface area contributed by atoms with Gasteiger partial charge in [-0.15, -0.1) is 5.10 Å². The lowest BCUT2D eigenvalue weighted by Gasteiger charge is -2.13. The summed E-state index contributed by atoms with van der Waals surface area (Å²) in [6.45, 7) is 0.827. The molecule has 13 heteroatoms. The minimum atomic E-state index is -3.33. The lowest BCUT2D eigenvalue weighted by Crippen LogP contribution is -2.23. The molecule has 0 saturated carbocycles. The van der Waals surface area contributed by atoms with Crippen molar-refractivity contribution < 1.29 is 27.4 Å². The highest BCUT2D eigenvalue weighted by molar-refractivity contribution is 6.30. The minimum absolute atomic E-state index is 0.0310. The highest BCUT2D eigenvalue weighted by atomic mass is 35.5. The largest absolute Gasteiger partial charge is 0.489 e. The van der Waals surface area contributed by atoms with Gasteiger partial charge in [-0.05, 0) is 53.9 Å². The number of carbonyl (C=O) groups is 1. The van der Waals surface area contributed by atoms with Gasteiger partial charge in [0.25, 0.3) is 11.5 Å². The second kappa shape index (κ2) is 13.4. The molecule has 1 unspecified atom stereocenters. The fraction of sp³-hybridized carbons (Fsp3) is 0.286. The summed E-state index contributed by atoms with van der Waals surface area (Å²) in [6, 6.07) is 16.0. The molecular weight excluding hydrogens is 563 g/mol. The number of rotatable bonds is 13. The van der Waals surface area contributed by atoms with E-state index in [9.17, 15) is 22.8 Å². The Labute approximate surface area is 238 Å². The van der Waals surface area contributed by atoms with Crippen molar-refractivity contribution in [3.8, 4) is 11.5 Å². The van der Waals surface area contributed by atoms with Gasteiger partial charge in [-0.2, -0.15) is 8.78 Å². The zero-order chi connectivity index (χ0) is 29.4. The summed E-state index contributed by atoms with van der Waals surface area (Å²) in [5, 5.41) is 10.7. The molecule has 41 heavy (non-hydrogen) atoms. The van der Waals surface area contributed by atoms with Crippen molar-refractivity contribution in [2.75, 3.05) is 0 Å². The fourth-order valence-electron chi connectivity index (χ4n) is 3.81. The van der Waals surface area contributed by atoms with Crippen molar-refractivity contribution in [3.05, 3.63) is 105 Å². The number of alkyl halides is 3. The van der Waals surface area contributed by atoms with E-state index in [1.807, 2.05) is 0 Å². The van der Waals surface area contributed by atoms with Gasteiger partial charge >= 0.3 is 6.11 Å². The van der Waals surface area contributed by atoms with Crippen LogP contribution in [0.3, 0.4) is 0 Å². The van der Waals surface area contributed by atoms with E-state index in [1.165, 1.54) is 39.7 Å². The Morgan fingerprint density at radius 2 is 1.88 bits per heavy atom. The molecule has 0 radical (unpaired) electrons. The number of nitrogens with zero attached hydrogens (tertiary/aromatic N) is 4. The molecule has 1 atom stereocenters. The van der Waals surface area contributed by atoms with Crippen molar-refractivity contribution in [2.24, 2.45) is 0 Å². The highest BCUT2D eigenvalue weighted by Gasteiger charge is 2.23. The van der Waals surface area contributed by atoms with Gasteiger partial charge in [0.1, 0.15) is 24.3 Å². The predicted octanol–water partition coefficient (Wildman–Crippen LogP) is 5.02. The van der Waals surface area contributed by atoms with Crippen molar-refractivity contribution in [1.82, 2.24) is 24.9 Å². The number of pyridine rings is 1. The van der Waals surface area contributed by atoms with E-state index in [0.29, 0.717) is 28.8 Å². The maximum atomic E-state index is 14.7. The molecule has 0 aliphatic carbocycles. The van der Waals surface area contributed by atoms with Gasteiger partial charge in [0.2, 0.25) is 0 Å². The molecule has 9 nitrogen and oxygen atoms in total. The van der Waals surface area contributed by atoms with Gasteiger partial charge in [-0.3, -0.25) is 9.59 Å². The Balaban J connectivity index is 1.23. The Morgan fingerprint density at radius 1 is 1.10 bits per heavy atom. The lowest BCUT2D eigenvalue weighted by atomic mass is 10.2. The molecule has 0 bridgehead atoms. The molecule has 0 aliphatic rings. The molecule has 2 aromatic heterocycles. The van der Waals surface area contributed by atoms with Crippen molar-refractivity contribution >= 4 is 17.5 Å². The Hall–Kier alpha value is -4.32. The van der Waals surface area contributed by atoms with Crippen LogP contribution in [0.15, 0.2) is 77.9 Å². The summed E-state index contributed by atoms with van der Waals surface area (Å²) in [7, 11) is 0. The van der Waals surface area contributed by atoms with Crippen molar-refractivity contribution in [2.45, 2.75) is 51.9 Å². The molecule has 0 spiro atoms. The highest BCUT2D eigenvalue weighted by Crippen LogP contribution is 2.22. The van der Waals surface area contributed by atoms with E-state index in [0.717, 1.165) is 0 Å². The average Bonchev–Trinajstić information content (AvgIpc) is 3.38. The summed E-state index contributed by atoms with van der Waals surface area (Å²) in [4.78, 5) is 24.9. The third-order valence-electron chi connectivity index (χ3n) is 5.75. The monoisotopic (exact) mass is 589 g/mol. The maximum absolute atomic E-state index is 14.7. The third kappa shape index (κ3) is 9.38. The van der Waals surface area contributed by atoms with Gasteiger partial charge in [-0.1, -0.05) is 35.0 Å². The number of hydrogen-bond acceptors (Lipinski definition) is 6. The molecule has 0 fully saturated rings. The normalized spacial score (nSPS) is 12.1. The number of benzene rings is 2. The number of nitrogens with one attached hydrogen (secondary N) is 1. The number of aryl methyl sites for hydroxylation is 1. The first-order valence-electron chi connectivity index (χ1n) is 12.6. The number of aromatic nitrogens is 4. The summed E-state index contributed by atoms with van der Waals surface area (Å²) >= 11 is 5.94. The molecule has 2 heterocycles. The molecule has 4 rings (SSSR count). The van der Waals surface area contributed by atoms with Gasteiger partial charge in [0, 0.05) is 37.3 Å².